The molecule has 0 bridgehead atoms. The molecule has 20 heavy (non-hydrogen) atoms. The van der Waals surface area contributed by atoms with Crippen LogP contribution in [-0.4, -0.2) is 27.6 Å². The van der Waals surface area contributed by atoms with E-state index >= 15 is 0 Å². The quantitative estimate of drug-likeness (QED) is 0.764. The molecule has 0 saturated heterocycles. The predicted molar refractivity (Wildman–Crippen MR) is 72.1 cm³/mol. The fraction of sp³-hybridized carbons (Fsp3) is 0.429. The molecule has 1 heterocycles. The van der Waals surface area contributed by atoms with Gasteiger partial charge >= 0.3 is 5.97 Å². The Morgan fingerprint density at radius 3 is 2.95 bits per heavy atom. The standard InChI is InChI=1S/C14H15N3O3/c18-13(20-9-10-5-6-10)7-8-17-14(19)11-3-1-2-4-12(11)15-16-17/h1-4,10H,5-9H2. The molecule has 1 fully saturated rings. The maximum Gasteiger partial charge on any atom is 0.307 e. The number of aryl methyl sites for hydroxylation is 1. The molecule has 6 nitrogen and oxygen atoms in total. The molecule has 3 rings (SSSR count). The molecule has 2 aromatic rings. The van der Waals surface area contributed by atoms with Crippen molar-refractivity contribution >= 4 is 16.9 Å². The fourth-order valence-electron chi connectivity index (χ4n) is 1.93. The van der Waals surface area contributed by atoms with Crippen LogP contribution in [0.5, 0.6) is 0 Å². The number of nitrogens with zero attached hydrogens (tertiary/aromatic N) is 3. The largest absolute Gasteiger partial charge is 0.465 e. The Hall–Kier alpha value is -2.24. The molecule has 0 unspecified atom stereocenters. The molecule has 0 atom stereocenters. The third kappa shape index (κ3) is 2.84. The summed E-state index contributed by atoms with van der Waals surface area (Å²) in [5.41, 5.74) is 0.329. The summed E-state index contributed by atoms with van der Waals surface area (Å²) in [4.78, 5) is 23.7. The first-order valence-electron chi connectivity index (χ1n) is 6.72. The van der Waals surface area contributed by atoms with Crippen LogP contribution in [-0.2, 0) is 16.1 Å². The second-order valence-electron chi connectivity index (χ2n) is 5.01. The van der Waals surface area contributed by atoms with E-state index in [1.165, 1.54) is 4.68 Å². The highest BCUT2D eigenvalue weighted by Gasteiger charge is 2.22. The van der Waals surface area contributed by atoms with Gasteiger partial charge in [0.1, 0.15) is 5.52 Å². The van der Waals surface area contributed by atoms with Gasteiger partial charge in [-0.25, -0.2) is 4.68 Å². The van der Waals surface area contributed by atoms with E-state index in [2.05, 4.69) is 10.3 Å². The Morgan fingerprint density at radius 2 is 2.15 bits per heavy atom. The lowest BCUT2D eigenvalue weighted by Gasteiger charge is -2.05. The zero-order chi connectivity index (χ0) is 13.9. The highest BCUT2D eigenvalue weighted by Crippen LogP contribution is 2.28. The summed E-state index contributed by atoms with van der Waals surface area (Å²) in [5, 5.41) is 8.31. The lowest BCUT2D eigenvalue weighted by molar-refractivity contribution is -0.144. The topological polar surface area (TPSA) is 74.1 Å². The van der Waals surface area contributed by atoms with E-state index in [1.807, 2.05) is 0 Å². The van der Waals surface area contributed by atoms with E-state index < -0.39 is 0 Å². The molecule has 0 radical (unpaired) electrons. The van der Waals surface area contributed by atoms with E-state index in [4.69, 9.17) is 4.74 Å². The minimum Gasteiger partial charge on any atom is -0.465 e. The zero-order valence-electron chi connectivity index (χ0n) is 11.0. The number of benzene rings is 1. The molecule has 1 aliphatic carbocycles. The SMILES string of the molecule is O=C(CCn1nnc2ccccc2c1=O)OCC1CC1. The summed E-state index contributed by atoms with van der Waals surface area (Å²) in [6.07, 6.45) is 2.42. The van der Waals surface area contributed by atoms with Crippen molar-refractivity contribution in [1.82, 2.24) is 15.0 Å². The van der Waals surface area contributed by atoms with Crippen molar-refractivity contribution in [2.45, 2.75) is 25.8 Å². The van der Waals surface area contributed by atoms with Gasteiger partial charge in [0, 0.05) is 0 Å². The Balaban J connectivity index is 1.66. The number of hydrogen-bond donors (Lipinski definition) is 0. The van der Waals surface area contributed by atoms with Crippen LogP contribution < -0.4 is 5.56 Å². The fourth-order valence-corrected chi connectivity index (χ4v) is 1.93. The van der Waals surface area contributed by atoms with Crippen LogP contribution >= 0.6 is 0 Å². The molecule has 1 aromatic heterocycles. The summed E-state index contributed by atoms with van der Waals surface area (Å²) in [5.74, 6) is 0.251. The summed E-state index contributed by atoms with van der Waals surface area (Å²) < 4.78 is 6.32. The van der Waals surface area contributed by atoms with Crippen LogP contribution in [0.4, 0.5) is 0 Å². The third-order valence-electron chi connectivity index (χ3n) is 3.33. The summed E-state index contributed by atoms with van der Waals surface area (Å²) >= 11 is 0. The van der Waals surface area contributed by atoms with Gasteiger partial charge in [-0.2, -0.15) is 0 Å². The van der Waals surface area contributed by atoms with Crippen molar-refractivity contribution < 1.29 is 9.53 Å². The smallest absolute Gasteiger partial charge is 0.307 e. The highest BCUT2D eigenvalue weighted by atomic mass is 16.5. The van der Waals surface area contributed by atoms with Gasteiger partial charge in [-0.15, -0.1) is 5.10 Å². The van der Waals surface area contributed by atoms with Gasteiger partial charge in [0.05, 0.1) is 25.0 Å². The minimum absolute atomic E-state index is 0.139. The van der Waals surface area contributed by atoms with Crippen LogP contribution in [0.2, 0.25) is 0 Å². The van der Waals surface area contributed by atoms with Crippen LogP contribution in [0.15, 0.2) is 29.1 Å². The molecule has 0 spiro atoms. The first kappa shape index (κ1) is 12.8. The average Bonchev–Trinajstić information content (AvgIpc) is 3.29. The summed E-state index contributed by atoms with van der Waals surface area (Å²) in [6, 6.07) is 7.02. The molecule has 1 aliphatic rings. The first-order chi connectivity index (χ1) is 9.74. The van der Waals surface area contributed by atoms with E-state index in [0.717, 1.165) is 12.8 Å². The Bertz CT molecular complexity index is 691. The number of carbonyl (C=O) groups excluding carboxylic acids is 1. The molecule has 1 aromatic carbocycles. The number of esters is 1. The zero-order valence-corrected chi connectivity index (χ0v) is 11.0. The van der Waals surface area contributed by atoms with Gasteiger partial charge in [-0.3, -0.25) is 9.59 Å². The molecular weight excluding hydrogens is 258 g/mol. The van der Waals surface area contributed by atoms with Crippen molar-refractivity contribution in [3.8, 4) is 0 Å². The van der Waals surface area contributed by atoms with Gasteiger partial charge in [-0.1, -0.05) is 17.3 Å². The molecule has 0 N–H and O–H groups in total. The summed E-state index contributed by atoms with van der Waals surface area (Å²) in [7, 11) is 0. The molecule has 104 valence electrons. The normalized spacial score (nSPS) is 14.4. The average molecular weight is 273 g/mol. The third-order valence-corrected chi connectivity index (χ3v) is 3.33. The van der Waals surface area contributed by atoms with Crippen molar-refractivity contribution in [2.24, 2.45) is 5.92 Å². The minimum atomic E-state index is -0.293. The number of hydrogen-bond acceptors (Lipinski definition) is 5. The monoisotopic (exact) mass is 273 g/mol. The molecule has 1 saturated carbocycles. The van der Waals surface area contributed by atoms with Gasteiger partial charge in [-0.05, 0) is 30.9 Å². The molecular formula is C14H15N3O3. The van der Waals surface area contributed by atoms with E-state index in [0.29, 0.717) is 23.4 Å². The number of ether oxygens (including phenoxy) is 1. The predicted octanol–water partition coefficient (Wildman–Crippen LogP) is 1.13. The van der Waals surface area contributed by atoms with Crippen LogP contribution in [0.25, 0.3) is 10.9 Å². The van der Waals surface area contributed by atoms with Gasteiger partial charge < -0.3 is 4.74 Å². The van der Waals surface area contributed by atoms with Crippen LogP contribution in [0.3, 0.4) is 0 Å². The van der Waals surface area contributed by atoms with Gasteiger partial charge in [0.25, 0.3) is 5.56 Å². The van der Waals surface area contributed by atoms with E-state index in [-0.39, 0.29) is 24.5 Å². The van der Waals surface area contributed by atoms with E-state index in [9.17, 15) is 9.59 Å². The first-order valence-corrected chi connectivity index (χ1v) is 6.72. The second-order valence-corrected chi connectivity index (χ2v) is 5.01. The van der Waals surface area contributed by atoms with Crippen molar-refractivity contribution in [3.63, 3.8) is 0 Å². The molecule has 6 heteroatoms. The number of rotatable bonds is 5. The van der Waals surface area contributed by atoms with Crippen molar-refractivity contribution in [2.75, 3.05) is 6.61 Å². The Kier molecular flexibility index (Phi) is 3.45. The van der Waals surface area contributed by atoms with Crippen LogP contribution in [0.1, 0.15) is 19.3 Å². The van der Waals surface area contributed by atoms with Crippen molar-refractivity contribution in [3.05, 3.63) is 34.6 Å². The van der Waals surface area contributed by atoms with Gasteiger partial charge in [0.2, 0.25) is 0 Å². The molecule has 0 amide bonds. The number of fused-ring (bicyclic) bond motifs is 1. The molecule has 0 aliphatic heterocycles. The number of aromatic nitrogens is 3. The van der Waals surface area contributed by atoms with Crippen molar-refractivity contribution in [1.29, 1.82) is 0 Å². The summed E-state index contributed by atoms with van der Waals surface area (Å²) in [6.45, 7) is 0.692. The Labute approximate surface area is 115 Å². The van der Waals surface area contributed by atoms with Gasteiger partial charge in [0.15, 0.2) is 0 Å². The maximum absolute atomic E-state index is 12.1. The highest BCUT2D eigenvalue weighted by molar-refractivity contribution is 5.76. The lowest BCUT2D eigenvalue weighted by Crippen LogP contribution is -2.25. The van der Waals surface area contributed by atoms with Crippen LogP contribution in [0, 0.1) is 5.92 Å². The lowest BCUT2D eigenvalue weighted by atomic mass is 10.2. The maximum atomic E-state index is 12.1. The second kappa shape index (κ2) is 5.40. The Morgan fingerprint density at radius 1 is 1.35 bits per heavy atom. The number of carbonyl (C=O) groups is 1. The van der Waals surface area contributed by atoms with E-state index in [1.54, 1.807) is 24.3 Å².